The number of carbonyl (C=O) groups excluding carboxylic acids is 1. The van der Waals surface area contributed by atoms with Gasteiger partial charge in [0.15, 0.2) is 11.2 Å². The van der Waals surface area contributed by atoms with Crippen LogP contribution in [0.1, 0.15) is 12.5 Å². The number of fused-ring (bicyclic) bond motifs is 1. The molecular weight excluding hydrogens is 376 g/mol. The Labute approximate surface area is 166 Å². The number of hydrogen-bond donors (Lipinski definition) is 0. The summed E-state index contributed by atoms with van der Waals surface area (Å²) in [5.41, 5.74) is 0.534. The molecular formula is C20H22N4O5. The van der Waals surface area contributed by atoms with Gasteiger partial charge in [0.1, 0.15) is 12.4 Å². The summed E-state index contributed by atoms with van der Waals surface area (Å²) in [5.74, 6) is 0.270. The Bertz CT molecular complexity index is 1170. The van der Waals surface area contributed by atoms with Crippen molar-refractivity contribution in [3.8, 4) is 5.75 Å². The summed E-state index contributed by atoms with van der Waals surface area (Å²) in [5, 5.41) is 0. The minimum atomic E-state index is -0.497. The first-order valence-corrected chi connectivity index (χ1v) is 9.11. The molecule has 0 unspecified atom stereocenters. The standard InChI is InChI=1S/C20H22N4O5/c1-4-28-15-8-5-14(6-9-15)7-10-16(25)29-12-11-24-13-21-18-17(24)19(26)23(3)20(27)22(18)2/h5-10,13H,4,11-12H2,1-3H3/b10-7+. The number of imidazole rings is 1. The van der Waals surface area contributed by atoms with E-state index in [-0.39, 0.29) is 18.7 Å². The van der Waals surface area contributed by atoms with E-state index in [1.165, 1.54) is 24.0 Å². The Balaban J connectivity index is 1.62. The molecule has 0 saturated carbocycles. The molecule has 0 saturated heterocycles. The van der Waals surface area contributed by atoms with E-state index in [0.717, 1.165) is 15.9 Å². The maximum absolute atomic E-state index is 12.4. The molecule has 0 amide bonds. The monoisotopic (exact) mass is 398 g/mol. The molecule has 0 N–H and O–H groups in total. The molecule has 3 aromatic rings. The highest BCUT2D eigenvalue weighted by Gasteiger charge is 2.14. The fraction of sp³-hybridized carbons (Fsp3) is 0.300. The van der Waals surface area contributed by atoms with Crippen LogP contribution in [0.4, 0.5) is 0 Å². The summed E-state index contributed by atoms with van der Waals surface area (Å²) >= 11 is 0. The lowest BCUT2D eigenvalue weighted by Crippen LogP contribution is -2.37. The molecule has 0 atom stereocenters. The van der Waals surface area contributed by atoms with Crippen molar-refractivity contribution in [2.45, 2.75) is 13.5 Å². The zero-order valence-corrected chi connectivity index (χ0v) is 16.5. The van der Waals surface area contributed by atoms with Gasteiger partial charge in [-0.15, -0.1) is 0 Å². The Hall–Kier alpha value is -3.62. The number of aromatic nitrogens is 4. The van der Waals surface area contributed by atoms with E-state index in [0.29, 0.717) is 12.3 Å². The summed E-state index contributed by atoms with van der Waals surface area (Å²) < 4.78 is 14.5. The molecule has 9 nitrogen and oxygen atoms in total. The lowest BCUT2D eigenvalue weighted by atomic mass is 10.2. The maximum Gasteiger partial charge on any atom is 0.332 e. The van der Waals surface area contributed by atoms with Crippen LogP contribution in [0.25, 0.3) is 17.2 Å². The summed E-state index contributed by atoms with van der Waals surface area (Å²) in [7, 11) is 2.96. The smallest absolute Gasteiger partial charge is 0.332 e. The van der Waals surface area contributed by atoms with Gasteiger partial charge in [-0.05, 0) is 30.7 Å². The first-order chi connectivity index (χ1) is 13.9. The number of rotatable bonds is 7. The van der Waals surface area contributed by atoms with Gasteiger partial charge in [0.25, 0.3) is 5.56 Å². The van der Waals surface area contributed by atoms with Gasteiger partial charge in [0.2, 0.25) is 0 Å². The van der Waals surface area contributed by atoms with Crippen LogP contribution in [0.3, 0.4) is 0 Å². The average molecular weight is 398 g/mol. The van der Waals surface area contributed by atoms with E-state index >= 15 is 0 Å². The van der Waals surface area contributed by atoms with Gasteiger partial charge in [-0.1, -0.05) is 12.1 Å². The van der Waals surface area contributed by atoms with E-state index in [9.17, 15) is 14.4 Å². The quantitative estimate of drug-likeness (QED) is 0.437. The van der Waals surface area contributed by atoms with Crippen molar-refractivity contribution in [3.05, 3.63) is 63.1 Å². The SMILES string of the molecule is CCOc1ccc(/C=C/C(=O)OCCn2cnc3c2c(=O)n(C)c(=O)n3C)cc1. The second-order valence-corrected chi connectivity index (χ2v) is 6.32. The molecule has 1 aromatic carbocycles. The molecule has 0 fully saturated rings. The van der Waals surface area contributed by atoms with Crippen molar-refractivity contribution in [1.82, 2.24) is 18.7 Å². The van der Waals surface area contributed by atoms with Crippen LogP contribution in [-0.2, 0) is 30.2 Å². The number of esters is 1. The van der Waals surface area contributed by atoms with Crippen LogP contribution >= 0.6 is 0 Å². The molecule has 9 heteroatoms. The van der Waals surface area contributed by atoms with E-state index in [1.807, 2.05) is 31.2 Å². The van der Waals surface area contributed by atoms with Crippen molar-refractivity contribution >= 4 is 23.2 Å². The third kappa shape index (κ3) is 4.29. The highest BCUT2D eigenvalue weighted by molar-refractivity contribution is 5.87. The number of carbonyl (C=O) groups is 1. The Morgan fingerprint density at radius 2 is 1.86 bits per heavy atom. The Morgan fingerprint density at radius 1 is 1.14 bits per heavy atom. The largest absolute Gasteiger partial charge is 0.494 e. The molecule has 0 aliphatic heterocycles. The van der Waals surface area contributed by atoms with Gasteiger partial charge in [-0.3, -0.25) is 13.9 Å². The topological polar surface area (TPSA) is 97.3 Å². The van der Waals surface area contributed by atoms with Crippen molar-refractivity contribution in [2.75, 3.05) is 13.2 Å². The summed E-state index contributed by atoms with van der Waals surface area (Å²) in [6.07, 6.45) is 4.44. The highest BCUT2D eigenvalue weighted by atomic mass is 16.5. The van der Waals surface area contributed by atoms with Crippen molar-refractivity contribution < 1.29 is 14.3 Å². The molecule has 0 spiro atoms. The van der Waals surface area contributed by atoms with E-state index in [4.69, 9.17) is 9.47 Å². The van der Waals surface area contributed by atoms with Gasteiger partial charge in [-0.25, -0.2) is 14.6 Å². The van der Waals surface area contributed by atoms with Crippen LogP contribution in [0.5, 0.6) is 5.75 Å². The predicted octanol–water partition coefficient (Wildman–Crippen LogP) is 1.09. The van der Waals surface area contributed by atoms with E-state index in [2.05, 4.69) is 4.98 Å². The lowest BCUT2D eigenvalue weighted by molar-refractivity contribution is -0.137. The third-order valence-corrected chi connectivity index (χ3v) is 4.40. The van der Waals surface area contributed by atoms with Gasteiger partial charge in [0.05, 0.1) is 19.5 Å². The Morgan fingerprint density at radius 3 is 2.55 bits per heavy atom. The normalized spacial score (nSPS) is 11.3. The third-order valence-electron chi connectivity index (χ3n) is 4.40. The lowest BCUT2D eigenvalue weighted by Gasteiger charge is -2.07. The fourth-order valence-corrected chi connectivity index (χ4v) is 2.87. The molecule has 0 aliphatic rings. The number of aryl methyl sites for hydroxylation is 1. The molecule has 2 heterocycles. The van der Waals surface area contributed by atoms with Crippen LogP contribution < -0.4 is 16.0 Å². The summed E-state index contributed by atoms with van der Waals surface area (Å²) in [4.78, 5) is 40.4. The van der Waals surface area contributed by atoms with Gasteiger partial charge in [-0.2, -0.15) is 0 Å². The molecule has 152 valence electrons. The van der Waals surface area contributed by atoms with E-state index in [1.54, 1.807) is 17.7 Å². The number of hydrogen-bond acceptors (Lipinski definition) is 6. The zero-order valence-electron chi connectivity index (χ0n) is 16.5. The summed E-state index contributed by atoms with van der Waals surface area (Å²) in [6, 6.07) is 7.33. The van der Waals surface area contributed by atoms with Gasteiger partial charge >= 0.3 is 11.7 Å². The maximum atomic E-state index is 12.4. The molecule has 0 bridgehead atoms. The predicted molar refractivity (Wildman–Crippen MR) is 108 cm³/mol. The van der Waals surface area contributed by atoms with Crippen molar-refractivity contribution in [2.24, 2.45) is 14.1 Å². The molecule has 2 aromatic heterocycles. The number of nitrogens with zero attached hydrogens (tertiary/aromatic N) is 4. The average Bonchev–Trinajstić information content (AvgIpc) is 3.14. The first-order valence-electron chi connectivity index (χ1n) is 9.11. The Kier molecular flexibility index (Phi) is 5.96. The van der Waals surface area contributed by atoms with Gasteiger partial charge in [0, 0.05) is 20.2 Å². The van der Waals surface area contributed by atoms with Crippen LogP contribution in [0.15, 0.2) is 46.3 Å². The highest BCUT2D eigenvalue weighted by Crippen LogP contribution is 2.13. The first kappa shape index (κ1) is 20.1. The second-order valence-electron chi connectivity index (χ2n) is 6.32. The fourth-order valence-electron chi connectivity index (χ4n) is 2.87. The van der Waals surface area contributed by atoms with Crippen LogP contribution in [0.2, 0.25) is 0 Å². The van der Waals surface area contributed by atoms with E-state index < -0.39 is 17.2 Å². The van der Waals surface area contributed by atoms with Crippen LogP contribution in [-0.4, -0.2) is 37.9 Å². The molecule has 0 aliphatic carbocycles. The molecule has 0 radical (unpaired) electrons. The minimum absolute atomic E-state index is 0.0594. The second kappa shape index (κ2) is 8.59. The van der Waals surface area contributed by atoms with Crippen molar-refractivity contribution in [1.29, 1.82) is 0 Å². The number of ether oxygens (including phenoxy) is 2. The molecule has 29 heavy (non-hydrogen) atoms. The van der Waals surface area contributed by atoms with Crippen LogP contribution in [0, 0.1) is 0 Å². The number of benzene rings is 1. The zero-order chi connectivity index (χ0) is 21.0. The minimum Gasteiger partial charge on any atom is -0.494 e. The van der Waals surface area contributed by atoms with Gasteiger partial charge < -0.3 is 14.0 Å². The molecule has 3 rings (SSSR count). The van der Waals surface area contributed by atoms with Crippen molar-refractivity contribution in [3.63, 3.8) is 0 Å². The summed E-state index contributed by atoms with van der Waals surface area (Å²) in [6.45, 7) is 2.81.